The largest absolute Gasteiger partial charge is 0.309 e. The Morgan fingerprint density at radius 2 is 2.00 bits per heavy atom. The van der Waals surface area contributed by atoms with E-state index >= 15 is 0 Å². The van der Waals surface area contributed by atoms with E-state index in [0.29, 0.717) is 17.9 Å². The molecule has 1 aliphatic heterocycles. The molecule has 1 atom stereocenters. The van der Waals surface area contributed by atoms with E-state index in [9.17, 15) is 13.2 Å². The predicted molar refractivity (Wildman–Crippen MR) is 60.1 cm³/mol. The molecular formula is C13H16F3N. The first kappa shape index (κ1) is 12.4. The van der Waals surface area contributed by atoms with Gasteiger partial charge in [0.1, 0.15) is 0 Å². The summed E-state index contributed by atoms with van der Waals surface area (Å²) < 4.78 is 39.6. The minimum Gasteiger partial charge on any atom is -0.309 e. The summed E-state index contributed by atoms with van der Waals surface area (Å²) in [5.74, 6) is -2.99. The monoisotopic (exact) mass is 243 g/mol. The first-order valence-electron chi connectivity index (χ1n) is 5.87. The zero-order valence-corrected chi connectivity index (χ0v) is 9.99. The third-order valence-electron chi connectivity index (χ3n) is 3.15. The number of halogens is 3. The molecule has 1 aliphatic rings. The number of rotatable bonds is 2. The zero-order valence-electron chi connectivity index (χ0n) is 9.99. The summed E-state index contributed by atoms with van der Waals surface area (Å²) in [4.78, 5) is 0. The van der Waals surface area contributed by atoms with E-state index in [2.05, 4.69) is 19.2 Å². The Labute approximate surface area is 99.0 Å². The molecule has 0 saturated carbocycles. The van der Waals surface area contributed by atoms with E-state index in [-0.39, 0.29) is 18.2 Å². The van der Waals surface area contributed by atoms with E-state index in [4.69, 9.17) is 0 Å². The molecule has 0 radical (unpaired) electrons. The Kier molecular flexibility index (Phi) is 3.43. The highest BCUT2D eigenvalue weighted by Gasteiger charge is 2.25. The van der Waals surface area contributed by atoms with E-state index in [1.54, 1.807) is 0 Å². The van der Waals surface area contributed by atoms with Gasteiger partial charge in [0.05, 0.1) is 0 Å². The van der Waals surface area contributed by atoms with Gasteiger partial charge in [-0.05, 0) is 30.4 Å². The SMILES string of the molecule is CC(C)CC1Cc2cc(F)c(F)c(F)c2CN1. The highest BCUT2D eigenvalue weighted by Crippen LogP contribution is 2.25. The van der Waals surface area contributed by atoms with Crippen LogP contribution in [-0.4, -0.2) is 6.04 Å². The summed E-state index contributed by atoms with van der Waals surface area (Å²) in [6, 6.07) is 1.34. The van der Waals surface area contributed by atoms with Crippen molar-refractivity contribution in [3.05, 3.63) is 34.6 Å². The van der Waals surface area contributed by atoms with Crippen LogP contribution < -0.4 is 5.32 Å². The first-order chi connectivity index (χ1) is 7.99. The second kappa shape index (κ2) is 4.69. The number of fused-ring (bicyclic) bond motifs is 1. The molecule has 1 aromatic carbocycles. The Bertz CT molecular complexity index is 429. The van der Waals surface area contributed by atoms with Crippen LogP contribution in [0.5, 0.6) is 0 Å². The average Bonchev–Trinajstić information content (AvgIpc) is 2.25. The van der Waals surface area contributed by atoms with Gasteiger partial charge in [-0.3, -0.25) is 0 Å². The summed E-state index contributed by atoms with van der Waals surface area (Å²) in [5.41, 5.74) is 0.856. The van der Waals surface area contributed by atoms with E-state index in [0.717, 1.165) is 12.5 Å². The molecular weight excluding hydrogens is 227 g/mol. The third kappa shape index (κ3) is 2.46. The molecule has 0 spiro atoms. The highest BCUT2D eigenvalue weighted by molar-refractivity contribution is 5.33. The fourth-order valence-corrected chi connectivity index (χ4v) is 2.37. The van der Waals surface area contributed by atoms with Crippen molar-refractivity contribution in [2.24, 2.45) is 5.92 Å². The second-order valence-corrected chi connectivity index (χ2v) is 5.04. The minimum absolute atomic E-state index is 0.215. The predicted octanol–water partition coefficient (Wildman–Crippen LogP) is 3.16. The van der Waals surface area contributed by atoms with Gasteiger partial charge in [-0.15, -0.1) is 0 Å². The Morgan fingerprint density at radius 1 is 1.29 bits per heavy atom. The molecule has 0 aromatic heterocycles. The van der Waals surface area contributed by atoms with Gasteiger partial charge in [-0.2, -0.15) is 0 Å². The van der Waals surface area contributed by atoms with Crippen LogP contribution >= 0.6 is 0 Å². The highest BCUT2D eigenvalue weighted by atomic mass is 19.2. The van der Waals surface area contributed by atoms with Crippen LogP contribution in [0.15, 0.2) is 6.07 Å². The lowest BCUT2D eigenvalue weighted by atomic mass is 9.90. The van der Waals surface area contributed by atoms with Crippen LogP contribution in [0.2, 0.25) is 0 Å². The molecule has 17 heavy (non-hydrogen) atoms. The fraction of sp³-hybridized carbons (Fsp3) is 0.538. The zero-order chi connectivity index (χ0) is 12.6. The Morgan fingerprint density at radius 3 is 2.65 bits per heavy atom. The van der Waals surface area contributed by atoms with Gasteiger partial charge in [0.25, 0.3) is 0 Å². The number of hydrogen-bond donors (Lipinski definition) is 1. The lowest BCUT2D eigenvalue weighted by molar-refractivity contribution is 0.377. The maximum atomic E-state index is 13.5. The lowest BCUT2D eigenvalue weighted by Gasteiger charge is -2.27. The average molecular weight is 243 g/mol. The number of benzene rings is 1. The molecule has 1 unspecified atom stereocenters. The molecule has 4 heteroatoms. The van der Waals surface area contributed by atoms with Crippen LogP contribution in [0.4, 0.5) is 13.2 Å². The van der Waals surface area contributed by atoms with Gasteiger partial charge < -0.3 is 5.32 Å². The van der Waals surface area contributed by atoms with E-state index in [1.165, 1.54) is 0 Å². The molecule has 0 saturated heterocycles. The molecule has 1 aromatic rings. The van der Waals surface area contributed by atoms with Gasteiger partial charge in [0.15, 0.2) is 17.5 Å². The van der Waals surface area contributed by atoms with Crippen molar-refractivity contribution < 1.29 is 13.2 Å². The Balaban J connectivity index is 2.27. The van der Waals surface area contributed by atoms with Crippen LogP contribution in [0.1, 0.15) is 31.4 Å². The van der Waals surface area contributed by atoms with E-state index < -0.39 is 17.5 Å². The van der Waals surface area contributed by atoms with Crippen molar-refractivity contribution in [2.45, 2.75) is 39.3 Å². The molecule has 0 amide bonds. The first-order valence-corrected chi connectivity index (χ1v) is 5.87. The maximum absolute atomic E-state index is 13.5. The van der Waals surface area contributed by atoms with Crippen molar-refractivity contribution in [3.63, 3.8) is 0 Å². The normalized spacial score (nSPS) is 19.5. The van der Waals surface area contributed by atoms with Crippen molar-refractivity contribution in [1.82, 2.24) is 5.32 Å². The molecule has 1 heterocycles. The molecule has 2 rings (SSSR count). The van der Waals surface area contributed by atoms with E-state index in [1.807, 2.05) is 0 Å². The summed E-state index contributed by atoms with van der Waals surface area (Å²) in [6.45, 7) is 4.47. The van der Waals surface area contributed by atoms with Gasteiger partial charge in [0, 0.05) is 18.2 Å². The van der Waals surface area contributed by atoms with Gasteiger partial charge in [-0.1, -0.05) is 13.8 Å². The summed E-state index contributed by atoms with van der Waals surface area (Å²) in [6.07, 6.45) is 1.50. The third-order valence-corrected chi connectivity index (χ3v) is 3.15. The number of hydrogen-bond acceptors (Lipinski definition) is 1. The van der Waals surface area contributed by atoms with Gasteiger partial charge in [-0.25, -0.2) is 13.2 Å². The summed E-state index contributed by atoms with van der Waals surface area (Å²) in [7, 11) is 0. The standard InChI is InChI=1S/C13H16F3N/c1-7(2)3-9-4-8-5-11(14)13(16)12(15)10(8)6-17-9/h5,7,9,17H,3-4,6H2,1-2H3. The smallest absolute Gasteiger partial charge is 0.194 e. The van der Waals surface area contributed by atoms with Crippen LogP contribution in [0.3, 0.4) is 0 Å². The second-order valence-electron chi connectivity index (χ2n) is 5.04. The Hall–Kier alpha value is -1.03. The molecule has 0 aliphatic carbocycles. The quantitative estimate of drug-likeness (QED) is 0.787. The number of nitrogens with one attached hydrogen (secondary N) is 1. The fourth-order valence-electron chi connectivity index (χ4n) is 2.37. The van der Waals surface area contributed by atoms with Crippen LogP contribution in [0, 0.1) is 23.4 Å². The van der Waals surface area contributed by atoms with Crippen molar-refractivity contribution >= 4 is 0 Å². The lowest BCUT2D eigenvalue weighted by Crippen LogP contribution is -2.37. The maximum Gasteiger partial charge on any atom is 0.194 e. The summed E-state index contributed by atoms with van der Waals surface area (Å²) >= 11 is 0. The van der Waals surface area contributed by atoms with Crippen molar-refractivity contribution in [3.8, 4) is 0 Å². The molecule has 0 bridgehead atoms. The van der Waals surface area contributed by atoms with Crippen LogP contribution in [0.25, 0.3) is 0 Å². The van der Waals surface area contributed by atoms with Crippen LogP contribution in [-0.2, 0) is 13.0 Å². The van der Waals surface area contributed by atoms with Gasteiger partial charge >= 0.3 is 0 Å². The molecule has 1 N–H and O–H groups in total. The molecule has 1 nitrogen and oxygen atoms in total. The molecule has 0 fully saturated rings. The van der Waals surface area contributed by atoms with Crippen molar-refractivity contribution in [2.75, 3.05) is 0 Å². The molecule has 94 valence electrons. The van der Waals surface area contributed by atoms with Gasteiger partial charge in [0.2, 0.25) is 0 Å². The summed E-state index contributed by atoms with van der Waals surface area (Å²) in [5, 5.41) is 3.17. The minimum atomic E-state index is -1.37. The topological polar surface area (TPSA) is 12.0 Å². The van der Waals surface area contributed by atoms with Crippen molar-refractivity contribution in [1.29, 1.82) is 0 Å².